The van der Waals surface area contributed by atoms with E-state index in [2.05, 4.69) is 22.3 Å². The van der Waals surface area contributed by atoms with E-state index in [1.54, 1.807) is 0 Å². The van der Waals surface area contributed by atoms with E-state index in [1.807, 2.05) is 32.9 Å². The first-order valence-electron chi connectivity index (χ1n) is 8.10. The third-order valence-corrected chi connectivity index (χ3v) is 5.86. The quantitative estimate of drug-likeness (QED) is 0.820. The molecule has 0 bridgehead atoms. The van der Waals surface area contributed by atoms with Crippen molar-refractivity contribution in [3.8, 4) is 0 Å². The molecule has 1 aliphatic heterocycles. The van der Waals surface area contributed by atoms with E-state index in [-0.39, 0.29) is 17.7 Å². The second-order valence-corrected chi connectivity index (χ2v) is 8.78. The summed E-state index contributed by atoms with van der Waals surface area (Å²) in [5.74, 6) is -0.748. The van der Waals surface area contributed by atoms with Gasteiger partial charge in [-0.2, -0.15) is 0 Å². The number of rotatable bonds is 7. The maximum absolute atomic E-state index is 11.9. The first-order chi connectivity index (χ1) is 10.8. The Balaban J connectivity index is 1.86. The highest BCUT2D eigenvalue weighted by molar-refractivity contribution is 7.92. The van der Waals surface area contributed by atoms with Gasteiger partial charge in [-0.15, -0.1) is 0 Å². The average molecular weight is 338 g/mol. The molecule has 0 fully saturated rings. The molecule has 1 aromatic carbocycles. The van der Waals surface area contributed by atoms with Crippen LogP contribution in [0.4, 0.5) is 5.69 Å². The van der Waals surface area contributed by atoms with Gasteiger partial charge in [-0.1, -0.05) is 32.0 Å². The molecule has 0 aliphatic carbocycles. The number of benzene rings is 1. The summed E-state index contributed by atoms with van der Waals surface area (Å²) in [6.07, 6.45) is 1.01. The van der Waals surface area contributed by atoms with Crippen molar-refractivity contribution in [2.45, 2.75) is 33.2 Å². The molecule has 128 valence electrons. The Bertz CT molecular complexity index is 656. The normalized spacial score (nSPS) is 15.6. The zero-order valence-corrected chi connectivity index (χ0v) is 14.9. The topological polar surface area (TPSA) is 66.5 Å². The fourth-order valence-electron chi connectivity index (χ4n) is 3.01. The Morgan fingerprint density at radius 3 is 2.65 bits per heavy atom. The number of fused-ring (bicyclic) bond motifs is 1. The van der Waals surface area contributed by atoms with Crippen LogP contribution in [-0.2, 0) is 21.1 Å². The van der Waals surface area contributed by atoms with Crippen molar-refractivity contribution >= 4 is 21.4 Å². The third-order valence-electron chi connectivity index (χ3n) is 3.99. The largest absolute Gasteiger partial charge is 0.366 e. The van der Waals surface area contributed by atoms with Gasteiger partial charge in [0.05, 0.1) is 5.75 Å². The number of carbonyl (C=O) groups excluding carboxylic acids is 1. The molecule has 5 nitrogen and oxygen atoms in total. The van der Waals surface area contributed by atoms with Crippen molar-refractivity contribution in [3.05, 3.63) is 29.8 Å². The number of carbonyl (C=O) groups is 1. The first kappa shape index (κ1) is 17.8. The molecular formula is C17H26N2O3S. The molecule has 1 amide bonds. The Labute approximate surface area is 139 Å². The van der Waals surface area contributed by atoms with Crippen LogP contribution in [0.5, 0.6) is 0 Å². The molecule has 23 heavy (non-hydrogen) atoms. The predicted octanol–water partition coefficient (Wildman–Crippen LogP) is 1.62. The Kier molecular flexibility index (Phi) is 5.68. The summed E-state index contributed by atoms with van der Waals surface area (Å²) in [6.45, 7) is 7.10. The van der Waals surface area contributed by atoms with Gasteiger partial charge in [0.15, 0.2) is 9.84 Å². The standard InChI is InChI=1S/C17H26N2O3S/c1-13(2)11-23(21,22)12-17(20)18-10-14(3)19-9-8-15-6-4-5-7-16(15)19/h4-7,13-14H,8-12H2,1-3H3,(H,18,20)/t14-/m0/s1. The van der Waals surface area contributed by atoms with Gasteiger partial charge in [0.25, 0.3) is 0 Å². The zero-order valence-electron chi connectivity index (χ0n) is 14.1. The van der Waals surface area contributed by atoms with E-state index >= 15 is 0 Å². The lowest BCUT2D eigenvalue weighted by Crippen LogP contribution is -2.43. The van der Waals surface area contributed by atoms with Crippen molar-refractivity contribution in [1.82, 2.24) is 5.32 Å². The zero-order chi connectivity index (χ0) is 17.0. The highest BCUT2D eigenvalue weighted by Gasteiger charge is 2.24. The van der Waals surface area contributed by atoms with Gasteiger partial charge < -0.3 is 10.2 Å². The molecule has 0 saturated heterocycles. The molecule has 0 radical (unpaired) electrons. The minimum absolute atomic E-state index is 0.0350. The molecule has 0 aromatic heterocycles. The summed E-state index contributed by atoms with van der Waals surface area (Å²) < 4.78 is 23.7. The lowest BCUT2D eigenvalue weighted by molar-refractivity contribution is -0.118. The molecule has 0 spiro atoms. The summed E-state index contributed by atoms with van der Waals surface area (Å²) >= 11 is 0. The van der Waals surface area contributed by atoms with Crippen LogP contribution < -0.4 is 10.2 Å². The summed E-state index contributed by atoms with van der Waals surface area (Å²) in [5.41, 5.74) is 2.53. The minimum Gasteiger partial charge on any atom is -0.366 e. The van der Waals surface area contributed by atoms with E-state index in [0.29, 0.717) is 6.54 Å². The van der Waals surface area contributed by atoms with Crippen LogP contribution in [0.15, 0.2) is 24.3 Å². The van der Waals surface area contributed by atoms with Gasteiger partial charge in [-0.05, 0) is 30.9 Å². The van der Waals surface area contributed by atoms with Gasteiger partial charge in [0, 0.05) is 24.8 Å². The number of para-hydroxylation sites is 1. The van der Waals surface area contributed by atoms with Crippen LogP contribution in [0.25, 0.3) is 0 Å². The lowest BCUT2D eigenvalue weighted by Gasteiger charge is -2.27. The number of hydrogen-bond donors (Lipinski definition) is 1. The molecular weight excluding hydrogens is 312 g/mol. The molecule has 0 unspecified atom stereocenters. The molecule has 1 heterocycles. The molecule has 6 heteroatoms. The number of amides is 1. The molecule has 1 aliphatic rings. The third kappa shape index (κ3) is 4.96. The van der Waals surface area contributed by atoms with Crippen molar-refractivity contribution in [1.29, 1.82) is 0 Å². The van der Waals surface area contributed by atoms with E-state index in [9.17, 15) is 13.2 Å². The molecule has 1 atom stereocenters. The highest BCUT2D eigenvalue weighted by Crippen LogP contribution is 2.28. The monoisotopic (exact) mass is 338 g/mol. The van der Waals surface area contributed by atoms with Gasteiger partial charge in [0.2, 0.25) is 5.91 Å². The number of nitrogens with zero attached hydrogens (tertiary/aromatic N) is 1. The molecule has 1 aromatic rings. The minimum atomic E-state index is -3.32. The number of anilines is 1. The van der Waals surface area contributed by atoms with Crippen molar-refractivity contribution in [2.24, 2.45) is 5.92 Å². The van der Waals surface area contributed by atoms with Crippen molar-refractivity contribution in [3.63, 3.8) is 0 Å². The fourth-order valence-corrected chi connectivity index (χ4v) is 4.65. The van der Waals surface area contributed by atoms with Crippen LogP contribution in [0.2, 0.25) is 0 Å². The first-order valence-corrected chi connectivity index (χ1v) is 9.92. The van der Waals surface area contributed by atoms with E-state index < -0.39 is 21.5 Å². The maximum atomic E-state index is 11.9. The Morgan fingerprint density at radius 1 is 1.26 bits per heavy atom. The lowest BCUT2D eigenvalue weighted by atomic mass is 10.2. The van der Waals surface area contributed by atoms with Crippen LogP contribution in [0.3, 0.4) is 0 Å². The number of sulfone groups is 1. The second-order valence-electron chi connectivity index (χ2n) is 6.67. The fraction of sp³-hybridized carbons (Fsp3) is 0.588. The van der Waals surface area contributed by atoms with E-state index in [0.717, 1.165) is 13.0 Å². The summed E-state index contributed by atoms with van der Waals surface area (Å²) in [6, 6.07) is 8.40. The molecule has 1 N–H and O–H groups in total. The van der Waals surface area contributed by atoms with Crippen LogP contribution in [0, 0.1) is 5.92 Å². The smallest absolute Gasteiger partial charge is 0.235 e. The molecule has 0 saturated carbocycles. The highest BCUT2D eigenvalue weighted by atomic mass is 32.2. The van der Waals surface area contributed by atoms with Gasteiger partial charge in [-0.25, -0.2) is 8.42 Å². The summed E-state index contributed by atoms with van der Waals surface area (Å²) in [5, 5.41) is 2.76. The average Bonchev–Trinajstić information content (AvgIpc) is 2.86. The molecule has 2 rings (SSSR count). The van der Waals surface area contributed by atoms with Gasteiger partial charge in [-0.3, -0.25) is 4.79 Å². The SMILES string of the molecule is CC(C)CS(=O)(=O)CC(=O)NC[C@H](C)N1CCc2ccccc21. The Morgan fingerprint density at radius 2 is 1.96 bits per heavy atom. The van der Waals surface area contributed by atoms with E-state index in [1.165, 1.54) is 11.3 Å². The van der Waals surface area contributed by atoms with Gasteiger partial charge in [0.1, 0.15) is 5.75 Å². The van der Waals surface area contributed by atoms with Crippen molar-refractivity contribution < 1.29 is 13.2 Å². The summed E-state index contributed by atoms with van der Waals surface area (Å²) in [4.78, 5) is 14.2. The van der Waals surface area contributed by atoms with E-state index in [4.69, 9.17) is 0 Å². The second kappa shape index (κ2) is 7.34. The van der Waals surface area contributed by atoms with Crippen LogP contribution in [0.1, 0.15) is 26.3 Å². The summed E-state index contributed by atoms with van der Waals surface area (Å²) in [7, 11) is -3.32. The maximum Gasteiger partial charge on any atom is 0.235 e. The van der Waals surface area contributed by atoms with Crippen molar-refractivity contribution in [2.75, 3.05) is 29.5 Å². The Hall–Kier alpha value is -1.56. The van der Waals surface area contributed by atoms with Crippen LogP contribution in [-0.4, -0.2) is 45.0 Å². The number of hydrogen-bond acceptors (Lipinski definition) is 4. The van der Waals surface area contributed by atoms with Gasteiger partial charge >= 0.3 is 0 Å². The predicted molar refractivity (Wildman–Crippen MR) is 93.5 cm³/mol. The van der Waals surface area contributed by atoms with Crippen LogP contribution >= 0.6 is 0 Å². The number of nitrogens with one attached hydrogen (secondary N) is 1.